The van der Waals surface area contributed by atoms with E-state index in [0.29, 0.717) is 0 Å². The minimum atomic E-state index is -0.587. The summed E-state index contributed by atoms with van der Waals surface area (Å²) in [5, 5.41) is 0. The summed E-state index contributed by atoms with van der Waals surface area (Å²) in [6.45, 7) is 3.48. The Morgan fingerprint density at radius 2 is 2.08 bits per heavy atom. The van der Waals surface area contributed by atoms with Gasteiger partial charge < -0.3 is 0 Å². The van der Waals surface area contributed by atoms with Gasteiger partial charge in [0.1, 0.15) is 6.61 Å². The fourth-order valence-electron chi connectivity index (χ4n) is 0.764. The molecule has 0 aliphatic carbocycles. The average molecular weight is 178 g/mol. The van der Waals surface area contributed by atoms with Crippen LogP contribution in [0.3, 0.4) is 0 Å². The topological polar surface area (TPSA) is 35.5 Å². The first-order valence-corrected chi connectivity index (χ1v) is 3.82. The molecule has 3 nitrogen and oxygen atoms in total. The summed E-state index contributed by atoms with van der Waals surface area (Å²) in [5.41, 5.74) is 0.944. The first-order valence-electron chi connectivity index (χ1n) is 3.82. The lowest BCUT2D eigenvalue weighted by atomic mass is 10.2. The number of hydrogen-bond donors (Lipinski definition) is 0. The summed E-state index contributed by atoms with van der Waals surface area (Å²) >= 11 is 0. The largest absolute Gasteiger partial charge is 0.365 e. The Labute approximate surface area is 76.5 Å². The molecule has 0 aliphatic rings. The van der Waals surface area contributed by atoms with Crippen molar-refractivity contribution < 1.29 is 14.6 Å². The quantitative estimate of drug-likeness (QED) is 0.401. The second kappa shape index (κ2) is 5.11. The van der Waals surface area contributed by atoms with Crippen LogP contribution in [0.5, 0.6) is 0 Å². The number of benzene rings is 1. The van der Waals surface area contributed by atoms with E-state index in [1.54, 1.807) is 0 Å². The van der Waals surface area contributed by atoms with Crippen molar-refractivity contribution in [3.05, 3.63) is 48.6 Å². The summed E-state index contributed by atoms with van der Waals surface area (Å²) in [7, 11) is 0. The van der Waals surface area contributed by atoms with Crippen molar-refractivity contribution in [3.8, 4) is 0 Å². The highest BCUT2D eigenvalue weighted by Gasteiger charge is 1.96. The smallest absolute Gasteiger partial charge is 0.293 e. The van der Waals surface area contributed by atoms with Gasteiger partial charge in [-0.15, -0.1) is 0 Å². The lowest BCUT2D eigenvalue weighted by Gasteiger charge is -2.00. The van der Waals surface area contributed by atoms with Gasteiger partial charge in [0.2, 0.25) is 0 Å². The van der Waals surface area contributed by atoms with Crippen LogP contribution in [0.2, 0.25) is 0 Å². The Hall–Kier alpha value is -1.61. The van der Waals surface area contributed by atoms with Crippen LogP contribution in [0, 0.1) is 0 Å². The van der Waals surface area contributed by atoms with E-state index in [9.17, 15) is 4.79 Å². The predicted octanol–water partition coefficient (Wildman–Crippen LogP) is 1.85. The lowest BCUT2D eigenvalue weighted by Crippen LogP contribution is -2.01. The second-order valence-electron chi connectivity index (χ2n) is 2.35. The molecular weight excluding hydrogens is 168 g/mol. The van der Waals surface area contributed by atoms with Gasteiger partial charge in [0, 0.05) is 6.08 Å². The molecule has 0 heterocycles. The Morgan fingerprint density at radius 3 is 2.69 bits per heavy atom. The fourth-order valence-corrected chi connectivity index (χ4v) is 0.764. The second-order valence-corrected chi connectivity index (χ2v) is 2.35. The summed E-state index contributed by atoms with van der Waals surface area (Å²) in [4.78, 5) is 19.5. The highest BCUT2D eigenvalue weighted by molar-refractivity contribution is 5.80. The number of carbonyl (C=O) groups excluding carboxylic acids is 1. The molecule has 0 saturated carbocycles. The molecule has 0 aromatic heterocycles. The molecule has 0 atom stereocenters. The van der Waals surface area contributed by atoms with Crippen LogP contribution in [0.4, 0.5) is 0 Å². The van der Waals surface area contributed by atoms with Gasteiger partial charge in [0.25, 0.3) is 0 Å². The standard InChI is InChI=1S/C10H10O3/c1-2-10(11)13-12-8-9-6-4-3-5-7-9/h2-7H,1,8H2. The molecule has 0 unspecified atom stereocenters. The molecule has 0 amide bonds. The molecule has 1 aromatic rings. The van der Waals surface area contributed by atoms with Crippen molar-refractivity contribution >= 4 is 5.97 Å². The molecule has 0 saturated heterocycles. The number of carbonyl (C=O) groups is 1. The van der Waals surface area contributed by atoms with E-state index in [0.717, 1.165) is 11.6 Å². The van der Waals surface area contributed by atoms with E-state index >= 15 is 0 Å². The van der Waals surface area contributed by atoms with Gasteiger partial charge in [-0.3, -0.25) is 4.89 Å². The molecular formula is C10H10O3. The summed E-state index contributed by atoms with van der Waals surface area (Å²) in [6.07, 6.45) is 1.05. The molecule has 0 bridgehead atoms. The fraction of sp³-hybridized carbons (Fsp3) is 0.100. The van der Waals surface area contributed by atoms with Gasteiger partial charge in [-0.05, 0) is 5.56 Å². The van der Waals surface area contributed by atoms with Crippen LogP contribution >= 0.6 is 0 Å². The van der Waals surface area contributed by atoms with Gasteiger partial charge in [0.15, 0.2) is 0 Å². The predicted molar refractivity (Wildman–Crippen MR) is 47.5 cm³/mol. The SMILES string of the molecule is C=CC(=O)OOCc1ccccc1. The third kappa shape index (κ3) is 3.53. The van der Waals surface area contributed by atoms with Crippen LogP contribution in [0.25, 0.3) is 0 Å². The molecule has 3 heteroatoms. The molecule has 0 spiro atoms. The van der Waals surface area contributed by atoms with Crippen LogP contribution in [-0.2, 0) is 21.2 Å². The molecule has 68 valence electrons. The van der Waals surface area contributed by atoms with E-state index in [1.807, 2.05) is 30.3 Å². The maximum Gasteiger partial charge on any atom is 0.365 e. The molecule has 0 radical (unpaired) electrons. The third-order valence-corrected chi connectivity index (χ3v) is 1.38. The molecule has 1 aromatic carbocycles. The third-order valence-electron chi connectivity index (χ3n) is 1.38. The van der Waals surface area contributed by atoms with Gasteiger partial charge in [0.05, 0.1) is 0 Å². The zero-order valence-electron chi connectivity index (χ0n) is 7.10. The maximum absolute atomic E-state index is 10.5. The Kier molecular flexibility index (Phi) is 3.73. The Bertz CT molecular complexity index is 279. The van der Waals surface area contributed by atoms with Gasteiger partial charge in [-0.25, -0.2) is 4.79 Å². The molecule has 0 fully saturated rings. The Morgan fingerprint density at radius 1 is 1.38 bits per heavy atom. The van der Waals surface area contributed by atoms with Gasteiger partial charge >= 0.3 is 5.97 Å². The van der Waals surface area contributed by atoms with E-state index < -0.39 is 5.97 Å². The highest BCUT2D eigenvalue weighted by Crippen LogP contribution is 2.00. The zero-order valence-corrected chi connectivity index (χ0v) is 7.10. The maximum atomic E-state index is 10.5. The lowest BCUT2D eigenvalue weighted by molar-refractivity contribution is -0.275. The monoisotopic (exact) mass is 178 g/mol. The first-order chi connectivity index (χ1) is 6.33. The van der Waals surface area contributed by atoms with E-state index in [4.69, 9.17) is 0 Å². The van der Waals surface area contributed by atoms with Crippen molar-refractivity contribution in [2.24, 2.45) is 0 Å². The van der Waals surface area contributed by atoms with E-state index in [-0.39, 0.29) is 6.61 Å². The van der Waals surface area contributed by atoms with Crippen LogP contribution in [0.15, 0.2) is 43.0 Å². The zero-order chi connectivity index (χ0) is 9.52. The van der Waals surface area contributed by atoms with E-state index in [1.165, 1.54) is 0 Å². The average Bonchev–Trinajstić information content (AvgIpc) is 2.19. The van der Waals surface area contributed by atoms with Crippen LogP contribution in [0.1, 0.15) is 5.56 Å². The normalized spacial score (nSPS) is 9.23. The number of hydrogen-bond acceptors (Lipinski definition) is 3. The summed E-state index contributed by atoms with van der Waals surface area (Å²) in [5.74, 6) is -0.587. The van der Waals surface area contributed by atoms with Crippen molar-refractivity contribution in [2.75, 3.05) is 0 Å². The van der Waals surface area contributed by atoms with Crippen molar-refractivity contribution in [1.82, 2.24) is 0 Å². The van der Waals surface area contributed by atoms with E-state index in [2.05, 4.69) is 16.4 Å². The number of rotatable bonds is 4. The van der Waals surface area contributed by atoms with Crippen LogP contribution < -0.4 is 0 Å². The molecule has 13 heavy (non-hydrogen) atoms. The van der Waals surface area contributed by atoms with Gasteiger partial charge in [-0.2, -0.15) is 4.89 Å². The Balaban J connectivity index is 2.28. The van der Waals surface area contributed by atoms with Crippen LogP contribution in [-0.4, -0.2) is 5.97 Å². The van der Waals surface area contributed by atoms with Crippen molar-refractivity contribution in [2.45, 2.75) is 6.61 Å². The summed E-state index contributed by atoms with van der Waals surface area (Å²) < 4.78 is 0. The molecule has 0 N–H and O–H groups in total. The van der Waals surface area contributed by atoms with Gasteiger partial charge in [-0.1, -0.05) is 36.9 Å². The van der Waals surface area contributed by atoms with Crippen molar-refractivity contribution in [3.63, 3.8) is 0 Å². The minimum Gasteiger partial charge on any atom is -0.293 e. The molecule has 0 aliphatic heterocycles. The van der Waals surface area contributed by atoms with Crippen molar-refractivity contribution in [1.29, 1.82) is 0 Å². The molecule has 1 rings (SSSR count). The minimum absolute atomic E-state index is 0.250. The highest BCUT2D eigenvalue weighted by atomic mass is 17.2. The summed E-state index contributed by atoms with van der Waals surface area (Å²) in [6, 6.07) is 9.42. The first kappa shape index (κ1) is 9.48.